The smallest absolute Gasteiger partial charge is 0.345 e. The maximum absolute atomic E-state index is 12.1. The zero-order chi connectivity index (χ0) is 17.7. The molecule has 0 saturated carbocycles. The van der Waals surface area contributed by atoms with E-state index in [-0.39, 0.29) is 5.56 Å². The van der Waals surface area contributed by atoms with Gasteiger partial charge in [0.2, 0.25) is 5.91 Å². The lowest BCUT2D eigenvalue weighted by molar-refractivity contribution is -0.139. The Kier molecular flexibility index (Phi) is 5.11. The van der Waals surface area contributed by atoms with Crippen LogP contribution in [0.4, 0.5) is 13.2 Å². The molecule has 8 nitrogen and oxygen atoms in total. The standard InChI is InChI=1S/C13H13F3N6O2/c1-8(11(23)19-5-13(14,15)16)21-12(24)9-2-3-18-10(4-9)22-7-17-6-20-22/h2-4,6-8H,5H2,1H3,(H,19,23)(H,21,24)/t8-/m0/s1. The molecular weight excluding hydrogens is 329 g/mol. The van der Waals surface area contributed by atoms with Crippen molar-refractivity contribution in [3.63, 3.8) is 0 Å². The van der Waals surface area contributed by atoms with Crippen molar-refractivity contribution >= 4 is 11.8 Å². The molecule has 2 amide bonds. The Hall–Kier alpha value is -2.98. The summed E-state index contributed by atoms with van der Waals surface area (Å²) in [4.78, 5) is 31.4. The summed E-state index contributed by atoms with van der Waals surface area (Å²) in [6.45, 7) is -0.180. The lowest BCUT2D eigenvalue weighted by atomic mass is 10.2. The Morgan fingerprint density at radius 1 is 1.38 bits per heavy atom. The molecule has 0 aliphatic rings. The van der Waals surface area contributed by atoms with Gasteiger partial charge in [-0.25, -0.2) is 14.6 Å². The van der Waals surface area contributed by atoms with Crippen molar-refractivity contribution in [1.82, 2.24) is 30.4 Å². The van der Waals surface area contributed by atoms with Gasteiger partial charge in [0.1, 0.15) is 25.2 Å². The molecule has 0 saturated heterocycles. The number of hydrogen-bond donors (Lipinski definition) is 2. The van der Waals surface area contributed by atoms with Gasteiger partial charge in [-0.1, -0.05) is 0 Å². The lowest BCUT2D eigenvalue weighted by Crippen LogP contribution is -2.47. The van der Waals surface area contributed by atoms with Crippen LogP contribution in [0.2, 0.25) is 0 Å². The molecule has 2 rings (SSSR count). The first-order valence-corrected chi connectivity index (χ1v) is 6.72. The van der Waals surface area contributed by atoms with Crippen LogP contribution < -0.4 is 10.6 Å². The Balaban J connectivity index is 1.99. The van der Waals surface area contributed by atoms with Crippen LogP contribution in [0.5, 0.6) is 0 Å². The van der Waals surface area contributed by atoms with E-state index in [0.717, 1.165) is 0 Å². The Morgan fingerprint density at radius 2 is 2.12 bits per heavy atom. The number of pyridine rings is 1. The van der Waals surface area contributed by atoms with Gasteiger partial charge in [0.05, 0.1) is 0 Å². The normalized spacial score (nSPS) is 12.5. The molecule has 2 N–H and O–H groups in total. The van der Waals surface area contributed by atoms with Crippen LogP contribution in [-0.4, -0.2) is 50.3 Å². The Morgan fingerprint density at radius 3 is 2.75 bits per heavy atom. The molecule has 0 aromatic carbocycles. The molecule has 0 bridgehead atoms. The number of rotatable bonds is 5. The minimum atomic E-state index is -4.52. The highest BCUT2D eigenvalue weighted by Gasteiger charge is 2.29. The van der Waals surface area contributed by atoms with E-state index in [2.05, 4.69) is 20.4 Å². The second-order valence-corrected chi connectivity index (χ2v) is 4.77. The predicted octanol–water partition coefficient (Wildman–Crippen LogP) is 0.459. The number of carbonyl (C=O) groups is 2. The maximum Gasteiger partial charge on any atom is 0.405 e. The van der Waals surface area contributed by atoms with E-state index in [4.69, 9.17) is 0 Å². The van der Waals surface area contributed by atoms with Gasteiger partial charge >= 0.3 is 6.18 Å². The number of carbonyl (C=O) groups excluding carboxylic acids is 2. The van der Waals surface area contributed by atoms with Crippen molar-refractivity contribution in [2.75, 3.05) is 6.54 Å². The first-order chi connectivity index (χ1) is 11.3. The molecule has 24 heavy (non-hydrogen) atoms. The van der Waals surface area contributed by atoms with Gasteiger partial charge in [-0.15, -0.1) is 0 Å². The number of nitrogens with zero attached hydrogens (tertiary/aromatic N) is 4. The molecule has 128 valence electrons. The summed E-state index contributed by atoms with van der Waals surface area (Å²) < 4.78 is 37.5. The van der Waals surface area contributed by atoms with Crippen LogP contribution in [0.25, 0.3) is 5.82 Å². The zero-order valence-corrected chi connectivity index (χ0v) is 12.4. The van der Waals surface area contributed by atoms with Gasteiger partial charge in [-0.2, -0.15) is 18.3 Å². The van der Waals surface area contributed by atoms with Crippen molar-refractivity contribution in [2.24, 2.45) is 0 Å². The summed E-state index contributed by atoms with van der Waals surface area (Å²) in [5, 5.41) is 7.88. The summed E-state index contributed by atoms with van der Waals surface area (Å²) in [6.07, 6.45) is -0.476. The van der Waals surface area contributed by atoms with Crippen molar-refractivity contribution in [2.45, 2.75) is 19.1 Å². The minimum Gasteiger partial charge on any atom is -0.345 e. The van der Waals surface area contributed by atoms with Crippen molar-refractivity contribution in [3.8, 4) is 5.82 Å². The predicted molar refractivity (Wildman–Crippen MR) is 75.1 cm³/mol. The number of alkyl halides is 3. The number of aromatic nitrogens is 4. The van der Waals surface area contributed by atoms with Gasteiger partial charge in [-0.3, -0.25) is 9.59 Å². The fourth-order valence-electron chi connectivity index (χ4n) is 1.70. The third-order valence-corrected chi connectivity index (χ3v) is 2.87. The van der Waals surface area contributed by atoms with Crippen LogP contribution in [0.1, 0.15) is 17.3 Å². The van der Waals surface area contributed by atoms with E-state index in [1.54, 1.807) is 5.32 Å². The molecule has 0 aliphatic heterocycles. The van der Waals surface area contributed by atoms with Crippen LogP contribution in [-0.2, 0) is 4.79 Å². The number of nitrogens with one attached hydrogen (secondary N) is 2. The largest absolute Gasteiger partial charge is 0.405 e. The van der Waals surface area contributed by atoms with Crippen molar-refractivity contribution in [3.05, 3.63) is 36.5 Å². The quantitative estimate of drug-likeness (QED) is 0.822. The van der Waals surface area contributed by atoms with E-state index in [9.17, 15) is 22.8 Å². The zero-order valence-electron chi connectivity index (χ0n) is 12.4. The molecule has 11 heteroatoms. The average molecular weight is 342 g/mol. The molecule has 0 radical (unpaired) electrons. The number of hydrogen-bond acceptors (Lipinski definition) is 5. The highest BCUT2D eigenvalue weighted by Crippen LogP contribution is 2.12. The van der Waals surface area contributed by atoms with Crippen LogP contribution >= 0.6 is 0 Å². The lowest BCUT2D eigenvalue weighted by Gasteiger charge is -2.15. The molecule has 0 fully saturated rings. The molecular formula is C13H13F3N6O2. The fraction of sp³-hybridized carbons (Fsp3) is 0.308. The van der Waals surface area contributed by atoms with E-state index in [1.807, 2.05) is 0 Å². The third-order valence-electron chi connectivity index (χ3n) is 2.87. The maximum atomic E-state index is 12.1. The number of halogens is 3. The van der Waals surface area contributed by atoms with Crippen molar-refractivity contribution in [1.29, 1.82) is 0 Å². The number of amides is 2. The molecule has 2 aromatic rings. The molecule has 2 heterocycles. The van der Waals surface area contributed by atoms with Gasteiger partial charge < -0.3 is 10.6 Å². The highest BCUT2D eigenvalue weighted by atomic mass is 19.4. The molecule has 2 aromatic heterocycles. The second kappa shape index (κ2) is 7.06. The molecule has 0 aliphatic carbocycles. The average Bonchev–Trinajstić information content (AvgIpc) is 3.06. The third kappa shape index (κ3) is 4.76. The van der Waals surface area contributed by atoms with Gasteiger partial charge in [0.25, 0.3) is 5.91 Å². The van der Waals surface area contributed by atoms with Crippen molar-refractivity contribution < 1.29 is 22.8 Å². The fourth-order valence-corrected chi connectivity index (χ4v) is 1.70. The SMILES string of the molecule is C[C@H](NC(=O)c1ccnc(-n2cncn2)c1)C(=O)NCC(F)(F)F. The summed E-state index contributed by atoms with van der Waals surface area (Å²) in [7, 11) is 0. The van der Waals surface area contributed by atoms with E-state index in [0.29, 0.717) is 5.82 Å². The summed E-state index contributed by atoms with van der Waals surface area (Å²) in [5.74, 6) is -1.24. The van der Waals surface area contributed by atoms with E-state index in [1.165, 1.54) is 42.6 Å². The van der Waals surface area contributed by atoms with Crippen LogP contribution in [0.15, 0.2) is 31.0 Å². The Bertz CT molecular complexity index is 717. The van der Waals surface area contributed by atoms with E-state index < -0.39 is 30.6 Å². The van der Waals surface area contributed by atoms with Gasteiger partial charge in [0.15, 0.2) is 5.82 Å². The second-order valence-electron chi connectivity index (χ2n) is 4.77. The molecule has 1 atom stereocenters. The highest BCUT2D eigenvalue weighted by molar-refractivity contribution is 5.97. The van der Waals surface area contributed by atoms with Gasteiger partial charge in [-0.05, 0) is 19.1 Å². The topological polar surface area (TPSA) is 102 Å². The van der Waals surface area contributed by atoms with E-state index >= 15 is 0 Å². The summed E-state index contributed by atoms with van der Waals surface area (Å²) in [5.41, 5.74) is 0.172. The van der Waals surface area contributed by atoms with Gasteiger partial charge in [0, 0.05) is 11.8 Å². The van der Waals surface area contributed by atoms with Crippen LogP contribution in [0, 0.1) is 0 Å². The summed E-state index contributed by atoms with van der Waals surface area (Å²) in [6, 6.07) is 1.67. The monoisotopic (exact) mass is 342 g/mol. The summed E-state index contributed by atoms with van der Waals surface area (Å²) >= 11 is 0. The Labute approximate surface area is 134 Å². The first-order valence-electron chi connectivity index (χ1n) is 6.72. The minimum absolute atomic E-state index is 0.172. The molecule has 0 unspecified atom stereocenters. The van der Waals surface area contributed by atoms with Crippen LogP contribution in [0.3, 0.4) is 0 Å². The first kappa shape index (κ1) is 17.4. The molecule has 0 spiro atoms.